The zero-order chi connectivity index (χ0) is 20.0. The predicted octanol–water partition coefficient (Wildman–Crippen LogP) is 4.58. The fourth-order valence-corrected chi connectivity index (χ4v) is 3.98. The van der Waals surface area contributed by atoms with Gasteiger partial charge < -0.3 is 10.2 Å². The van der Waals surface area contributed by atoms with Crippen LogP contribution in [0.25, 0.3) is 33.6 Å². The Morgan fingerprint density at radius 2 is 1.57 bits per heavy atom. The van der Waals surface area contributed by atoms with Crippen LogP contribution in [0.15, 0.2) is 80.7 Å². The van der Waals surface area contributed by atoms with Crippen molar-refractivity contribution in [3.63, 3.8) is 0 Å². The van der Waals surface area contributed by atoms with Crippen molar-refractivity contribution >= 4 is 23.5 Å². The average Bonchev–Trinajstić information content (AvgIpc) is 2.72. The van der Waals surface area contributed by atoms with Crippen LogP contribution in [0.2, 0.25) is 0 Å². The van der Waals surface area contributed by atoms with E-state index in [1.165, 1.54) is 12.1 Å². The Bertz CT molecular complexity index is 1320. The van der Waals surface area contributed by atoms with Crippen LogP contribution in [-0.2, 0) is 5.54 Å². The molecule has 0 bridgehead atoms. The van der Waals surface area contributed by atoms with Gasteiger partial charge in [-0.05, 0) is 36.5 Å². The van der Waals surface area contributed by atoms with Gasteiger partial charge in [0.25, 0.3) is 5.56 Å². The van der Waals surface area contributed by atoms with Crippen LogP contribution in [0.1, 0.15) is 24.8 Å². The molecule has 5 nitrogen and oxygen atoms in total. The van der Waals surface area contributed by atoms with Crippen LogP contribution >= 0.6 is 12.4 Å². The van der Waals surface area contributed by atoms with E-state index >= 15 is 0 Å². The standard InChI is InChI=1S/C24H20N2O3.ClH/c25-24(13-4-14-24)17-9-7-15(8-10-17)20-21(28)18-11-12-19(27)26-23(18)29-22(20)16-5-2-1-3-6-16;/h1-3,5-12H,4,13-14,25H2,(H,26,27);1H. The van der Waals surface area contributed by atoms with Gasteiger partial charge in [0.15, 0.2) is 0 Å². The van der Waals surface area contributed by atoms with Crippen LogP contribution in [0.3, 0.4) is 0 Å². The summed E-state index contributed by atoms with van der Waals surface area (Å²) in [6.07, 6.45) is 3.10. The lowest BCUT2D eigenvalue weighted by molar-refractivity contribution is 0.253. The number of aromatic nitrogens is 1. The molecule has 0 spiro atoms. The van der Waals surface area contributed by atoms with E-state index in [1.807, 2.05) is 54.6 Å². The third-order valence-electron chi connectivity index (χ3n) is 5.82. The summed E-state index contributed by atoms with van der Waals surface area (Å²) >= 11 is 0. The van der Waals surface area contributed by atoms with Gasteiger partial charge in [0.2, 0.25) is 11.1 Å². The lowest BCUT2D eigenvalue weighted by atomic mass is 9.72. The normalized spacial score (nSPS) is 14.7. The van der Waals surface area contributed by atoms with E-state index < -0.39 is 0 Å². The molecule has 2 heterocycles. The maximum atomic E-state index is 13.4. The third kappa shape index (κ3) is 3.26. The summed E-state index contributed by atoms with van der Waals surface area (Å²) in [7, 11) is 0. The molecule has 0 unspecified atom stereocenters. The summed E-state index contributed by atoms with van der Waals surface area (Å²) in [6, 6.07) is 20.1. The van der Waals surface area contributed by atoms with Crippen molar-refractivity contribution in [1.29, 1.82) is 0 Å². The van der Waals surface area contributed by atoms with Crippen molar-refractivity contribution in [3.05, 3.63) is 92.9 Å². The number of rotatable bonds is 3. The Morgan fingerprint density at radius 3 is 2.20 bits per heavy atom. The summed E-state index contributed by atoms with van der Waals surface area (Å²) in [5, 5.41) is 0.345. The number of benzene rings is 2. The number of halogens is 1. The highest BCUT2D eigenvalue weighted by Crippen LogP contribution is 2.39. The van der Waals surface area contributed by atoms with Crippen LogP contribution in [0, 0.1) is 0 Å². The number of fused-ring (bicyclic) bond motifs is 1. The molecule has 2 aromatic heterocycles. The molecule has 5 rings (SSSR count). The first-order valence-electron chi connectivity index (χ1n) is 9.71. The van der Waals surface area contributed by atoms with Crippen LogP contribution in [0.4, 0.5) is 0 Å². The zero-order valence-electron chi connectivity index (χ0n) is 16.2. The molecular weight excluding hydrogens is 400 g/mol. The molecule has 6 heteroatoms. The van der Waals surface area contributed by atoms with Crippen molar-refractivity contribution < 1.29 is 4.42 Å². The van der Waals surface area contributed by atoms with Gasteiger partial charge in [-0.15, -0.1) is 12.4 Å². The fourth-order valence-electron chi connectivity index (χ4n) is 3.98. The predicted molar refractivity (Wildman–Crippen MR) is 121 cm³/mol. The summed E-state index contributed by atoms with van der Waals surface area (Å²) < 4.78 is 6.04. The molecule has 2 aromatic carbocycles. The Morgan fingerprint density at radius 1 is 0.867 bits per heavy atom. The second kappa shape index (κ2) is 7.59. The molecule has 1 fully saturated rings. The fraction of sp³-hybridized carbons (Fsp3) is 0.167. The number of pyridine rings is 1. The maximum absolute atomic E-state index is 13.4. The van der Waals surface area contributed by atoms with Gasteiger partial charge in [-0.2, -0.15) is 0 Å². The van der Waals surface area contributed by atoms with Crippen molar-refractivity contribution in [3.8, 4) is 22.5 Å². The number of aromatic amines is 1. The molecule has 0 amide bonds. The zero-order valence-corrected chi connectivity index (χ0v) is 17.0. The Labute approximate surface area is 179 Å². The summed E-state index contributed by atoms with van der Waals surface area (Å²) in [5.41, 5.74) is 8.96. The van der Waals surface area contributed by atoms with E-state index in [9.17, 15) is 9.59 Å². The van der Waals surface area contributed by atoms with E-state index in [1.54, 1.807) is 0 Å². The Hall–Kier alpha value is -3.15. The second-order valence-electron chi connectivity index (χ2n) is 7.65. The van der Waals surface area contributed by atoms with E-state index in [0.717, 1.165) is 36.0 Å². The molecule has 1 aliphatic carbocycles. The maximum Gasteiger partial charge on any atom is 0.250 e. The van der Waals surface area contributed by atoms with Gasteiger partial charge in [-0.1, -0.05) is 54.6 Å². The van der Waals surface area contributed by atoms with Gasteiger partial charge >= 0.3 is 0 Å². The highest BCUT2D eigenvalue weighted by Gasteiger charge is 2.34. The van der Waals surface area contributed by atoms with Crippen molar-refractivity contribution in [2.24, 2.45) is 5.73 Å². The van der Waals surface area contributed by atoms with E-state index in [2.05, 4.69) is 4.98 Å². The number of nitrogens with two attached hydrogens (primary N) is 1. The minimum atomic E-state index is -0.314. The van der Waals surface area contributed by atoms with Crippen molar-refractivity contribution in [1.82, 2.24) is 4.98 Å². The van der Waals surface area contributed by atoms with E-state index in [0.29, 0.717) is 16.7 Å². The molecular formula is C24H21ClN2O3. The summed E-state index contributed by atoms with van der Waals surface area (Å²) in [6.45, 7) is 0. The monoisotopic (exact) mass is 420 g/mol. The SMILES string of the molecule is Cl.NC1(c2ccc(-c3c(-c4ccccc4)oc4[nH]c(=O)ccc4c3=O)cc2)CCC1. The Kier molecular flexibility index (Phi) is 5.10. The van der Waals surface area contributed by atoms with Gasteiger partial charge in [0, 0.05) is 17.2 Å². The summed E-state index contributed by atoms with van der Waals surface area (Å²) in [4.78, 5) is 27.7. The van der Waals surface area contributed by atoms with Crippen LogP contribution in [0.5, 0.6) is 0 Å². The van der Waals surface area contributed by atoms with Gasteiger partial charge in [0.05, 0.1) is 10.9 Å². The first-order valence-corrected chi connectivity index (χ1v) is 9.71. The lowest BCUT2D eigenvalue weighted by Gasteiger charge is -2.38. The van der Waals surface area contributed by atoms with Crippen LogP contribution < -0.4 is 16.7 Å². The highest BCUT2D eigenvalue weighted by atomic mass is 35.5. The first kappa shape index (κ1) is 20.1. The molecule has 30 heavy (non-hydrogen) atoms. The number of nitrogens with one attached hydrogen (secondary N) is 1. The van der Waals surface area contributed by atoms with Gasteiger partial charge in [-0.3, -0.25) is 14.6 Å². The van der Waals surface area contributed by atoms with Crippen molar-refractivity contribution in [2.75, 3.05) is 0 Å². The molecule has 4 aromatic rings. The van der Waals surface area contributed by atoms with Crippen LogP contribution in [-0.4, -0.2) is 4.98 Å². The molecule has 1 saturated carbocycles. The molecule has 1 aliphatic rings. The van der Waals surface area contributed by atoms with Crippen molar-refractivity contribution in [2.45, 2.75) is 24.8 Å². The first-order chi connectivity index (χ1) is 14.0. The number of hydrogen-bond acceptors (Lipinski definition) is 4. The topological polar surface area (TPSA) is 89.1 Å². The van der Waals surface area contributed by atoms with Gasteiger partial charge in [0.1, 0.15) is 5.76 Å². The third-order valence-corrected chi connectivity index (χ3v) is 5.82. The second-order valence-corrected chi connectivity index (χ2v) is 7.65. The number of H-pyrrole nitrogens is 1. The molecule has 0 saturated heterocycles. The molecule has 152 valence electrons. The highest BCUT2D eigenvalue weighted by molar-refractivity contribution is 5.87. The number of hydrogen-bond donors (Lipinski definition) is 2. The lowest BCUT2D eigenvalue weighted by Crippen LogP contribution is -2.43. The summed E-state index contributed by atoms with van der Waals surface area (Å²) in [5.74, 6) is 0.434. The quantitative estimate of drug-likeness (QED) is 0.507. The molecule has 0 aliphatic heterocycles. The molecule has 0 radical (unpaired) electrons. The largest absolute Gasteiger partial charge is 0.439 e. The Balaban J connectivity index is 0.00000218. The molecule has 3 N–H and O–H groups in total. The average molecular weight is 421 g/mol. The smallest absolute Gasteiger partial charge is 0.250 e. The minimum absolute atomic E-state index is 0. The van der Waals surface area contributed by atoms with E-state index in [4.69, 9.17) is 10.2 Å². The van der Waals surface area contributed by atoms with Gasteiger partial charge in [-0.25, -0.2) is 0 Å². The van der Waals surface area contributed by atoms with E-state index in [-0.39, 0.29) is 34.6 Å². The molecule has 0 atom stereocenters. The minimum Gasteiger partial charge on any atom is -0.439 e.